The van der Waals surface area contributed by atoms with Gasteiger partial charge < -0.3 is 10.6 Å². The maximum absolute atomic E-state index is 12.8. The number of hydrogen-bond acceptors (Lipinski definition) is 3. The third kappa shape index (κ3) is 3.19. The fourth-order valence-electron chi connectivity index (χ4n) is 6.46. The van der Waals surface area contributed by atoms with Crippen molar-refractivity contribution in [3.8, 4) is 0 Å². The van der Waals surface area contributed by atoms with Crippen molar-refractivity contribution in [2.24, 2.45) is 17.8 Å². The summed E-state index contributed by atoms with van der Waals surface area (Å²) in [7, 11) is 0. The summed E-state index contributed by atoms with van der Waals surface area (Å²) in [6.45, 7) is -0.183. The van der Waals surface area contributed by atoms with E-state index in [0.29, 0.717) is 6.42 Å². The molecule has 6 rings (SSSR count). The minimum Gasteiger partial charge on any atom is -0.349 e. The van der Waals surface area contributed by atoms with Crippen molar-refractivity contribution in [1.29, 1.82) is 0 Å². The number of carbonyl (C=O) groups excluding carboxylic acids is 3. The average molecular weight is 381 g/mol. The number of rotatable bonds is 5. The number of carbonyl (C=O) groups is 3. The van der Waals surface area contributed by atoms with Crippen LogP contribution >= 0.6 is 0 Å². The van der Waals surface area contributed by atoms with E-state index in [1.807, 2.05) is 30.3 Å². The van der Waals surface area contributed by atoms with Gasteiger partial charge in [0.05, 0.1) is 0 Å². The lowest BCUT2D eigenvalue weighted by atomic mass is 9.53. The monoisotopic (exact) mass is 381 g/mol. The van der Waals surface area contributed by atoms with Gasteiger partial charge in [0.25, 0.3) is 5.91 Å². The Kier molecular flexibility index (Phi) is 4.18. The van der Waals surface area contributed by atoms with Gasteiger partial charge in [-0.1, -0.05) is 30.3 Å². The summed E-state index contributed by atoms with van der Waals surface area (Å²) in [5.41, 5.74) is 0.884. The number of nitrogens with one attached hydrogen (secondary N) is 2. The highest BCUT2D eigenvalue weighted by Gasteiger charge is 2.51. The Morgan fingerprint density at radius 3 is 2.25 bits per heavy atom. The van der Waals surface area contributed by atoms with Crippen LogP contribution in [0.5, 0.6) is 0 Å². The van der Waals surface area contributed by atoms with E-state index < -0.39 is 12.1 Å². The van der Waals surface area contributed by atoms with Gasteiger partial charge in [-0.2, -0.15) is 0 Å². The highest BCUT2D eigenvalue weighted by atomic mass is 16.2. The summed E-state index contributed by atoms with van der Waals surface area (Å²) in [4.78, 5) is 38.8. The largest absolute Gasteiger partial charge is 0.349 e. The SMILES string of the molecule is O=C(CN1C(=O)NC(Cc2ccccc2)C1=O)NC12CC3CC(CC(C3)C1)C2. The van der Waals surface area contributed by atoms with Crippen LogP contribution in [0.2, 0.25) is 0 Å². The van der Waals surface area contributed by atoms with Gasteiger partial charge >= 0.3 is 6.03 Å². The number of benzene rings is 1. The van der Waals surface area contributed by atoms with Crippen LogP contribution in [0.4, 0.5) is 4.79 Å². The van der Waals surface area contributed by atoms with E-state index in [-0.39, 0.29) is 23.9 Å². The number of nitrogens with zero attached hydrogens (tertiary/aromatic N) is 1. The van der Waals surface area contributed by atoms with Gasteiger partial charge in [0.15, 0.2) is 0 Å². The van der Waals surface area contributed by atoms with Crippen LogP contribution in [0.25, 0.3) is 0 Å². The van der Waals surface area contributed by atoms with Crippen molar-refractivity contribution in [3.63, 3.8) is 0 Å². The summed E-state index contributed by atoms with van der Waals surface area (Å²) in [5, 5.41) is 5.97. The zero-order valence-electron chi connectivity index (χ0n) is 16.0. The third-order valence-electron chi connectivity index (χ3n) is 7.13. The maximum Gasteiger partial charge on any atom is 0.325 e. The van der Waals surface area contributed by atoms with Crippen molar-refractivity contribution in [2.45, 2.75) is 56.5 Å². The molecule has 1 unspecified atom stereocenters. The van der Waals surface area contributed by atoms with E-state index in [2.05, 4.69) is 10.6 Å². The standard InChI is InChI=1S/C22H27N3O3/c26-19(24-22-10-15-6-16(11-22)8-17(7-15)12-22)13-25-20(27)18(23-21(25)28)9-14-4-2-1-3-5-14/h1-5,15-18H,6-13H2,(H,23,28)(H,24,26). The molecule has 6 heteroatoms. The van der Waals surface area contributed by atoms with Crippen molar-refractivity contribution in [1.82, 2.24) is 15.5 Å². The highest BCUT2D eigenvalue weighted by molar-refractivity contribution is 6.06. The number of urea groups is 1. The van der Waals surface area contributed by atoms with Crippen LogP contribution in [0.1, 0.15) is 44.1 Å². The molecule has 1 atom stereocenters. The molecule has 1 aliphatic heterocycles. The van der Waals surface area contributed by atoms with E-state index in [1.54, 1.807) is 0 Å². The van der Waals surface area contributed by atoms with Crippen LogP contribution in [0.15, 0.2) is 30.3 Å². The molecule has 1 heterocycles. The molecule has 0 spiro atoms. The van der Waals surface area contributed by atoms with Crippen LogP contribution < -0.4 is 10.6 Å². The summed E-state index contributed by atoms with van der Waals surface area (Å²) in [5.74, 6) is 1.69. The maximum atomic E-state index is 12.8. The summed E-state index contributed by atoms with van der Waals surface area (Å²) < 4.78 is 0. The predicted octanol–water partition coefficient (Wildman–Crippen LogP) is 2.23. The van der Waals surface area contributed by atoms with Gasteiger partial charge in [-0.3, -0.25) is 14.5 Å². The molecule has 0 radical (unpaired) electrons. The summed E-state index contributed by atoms with van der Waals surface area (Å²) >= 11 is 0. The second-order valence-corrected chi connectivity index (χ2v) is 9.36. The molecule has 4 saturated carbocycles. The lowest BCUT2D eigenvalue weighted by Crippen LogP contribution is -2.61. The first-order valence-corrected chi connectivity index (χ1v) is 10.5. The minimum atomic E-state index is -0.595. The molecule has 5 fully saturated rings. The quantitative estimate of drug-likeness (QED) is 0.768. The van der Waals surface area contributed by atoms with E-state index in [9.17, 15) is 14.4 Å². The van der Waals surface area contributed by atoms with Gasteiger partial charge in [0.1, 0.15) is 12.6 Å². The molecule has 2 N–H and O–H groups in total. The third-order valence-corrected chi connectivity index (χ3v) is 7.13. The first-order valence-electron chi connectivity index (χ1n) is 10.5. The second kappa shape index (κ2) is 6.61. The fourth-order valence-corrected chi connectivity index (χ4v) is 6.46. The Bertz CT molecular complexity index is 771. The summed E-state index contributed by atoms with van der Waals surface area (Å²) in [6, 6.07) is 8.54. The molecular weight excluding hydrogens is 354 g/mol. The van der Waals surface area contributed by atoms with Crippen LogP contribution in [0, 0.1) is 17.8 Å². The molecule has 1 aromatic carbocycles. The Balaban J connectivity index is 1.22. The zero-order chi connectivity index (χ0) is 19.3. The Morgan fingerprint density at radius 2 is 1.64 bits per heavy atom. The van der Waals surface area contributed by atoms with Crippen LogP contribution in [0.3, 0.4) is 0 Å². The molecule has 28 heavy (non-hydrogen) atoms. The summed E-state index contributed by atoms with van der Waals surface area (Å²) in [6.07, 6.45) is 7.54. The van der Waals surface area contributed by atoms with E-state index in [0.717, 1.165) is 47.5 Å². The normalized spacial score (nSPS) is 35.9. The average Bonchev–Trinajstić information content (AvgIpc) is 2.88. The fraction of sp³-hybridized carbons (Fsp3) is 0.591. The number of imide groups is 1. The Morgan fingerprint density at radius 1 is 1.04 bits per heavy atom. The van der Waals surface area contributed by atoms with Crippen molar-refractivity contribution in [3.05, 3.63) is 35.9 Å². The van der Waals surface area contributed by atoms with E-state index in [4.69, 9.17) is 0 Å². The van der Waals surface area contributed by atoms with E-state index >= 15 is 0 Å². The van der Waals surface area contributed by atoms with Crippen molar-refractivity contribution >= 4 is 17.8 Å². The molecule has 4 bridgehead atoms. The van der Waals surface area contributed by atoms with Gasteiger partial charge in [0, 0.05) is 12.0 Å². The highest BCUT2D eigenvalue weighted by Crippen LogP contribution is 2.55. The smallest absolute Gasteiger partial charge is 0.325 e. The molecule has 6 nitrogen and oxygen atoms in total. The van der Waals surface area contributed by atoms with Gasteiger partial charge in [-0.25, -0.2) is 4.79 Å². The first-order chi connectivity index (χ1) is 13.5. The molecule has 1 saturated heterocycles. The number of amides is 4. The molecule has 4 aliphatic carbocycles. The molecular formula is C22H27N3O3. The zero-order valence-corrected chi connectivity index (χ0v) is 16.0. The Labute approximate surface area is 165 Å². The lowest BCUT2D eigenvalue weighted by Gasteiger charge is -2.56. The van der Waals surface area contributed by atoms with Crippen molar-refractivity contribution in [2.75, 3.05) is 6.54 Å². The van der Waals surface area contributed by atoms with Crippen LogP contribution in [-0.4, -0.2) is 40.9 Å². The first kappa shape index (κ1) is 17.7. The molecule has 0 aromatic heterocycles. The van der Waals surface area contributed by atoms with E-state index in [1.165, 1.54) is 19.3 Å². The van der Waals surface area contributed by atoms with Crippen LogP contribution in [-0.2, 0) is 16.0 Å². The molecule has 1 aromatic rings. The van der Waals surface area contributed by atoms with Gasteiger partial charge in [-0.05, 0) is 61.8 Å². The second-order valence-electron chi connectivity index (χ2n) is 9.36. The van der Waals surface area contributed by atoms with Gasteiger partial charge in [-0.15, -0.1) is 0 Å². The predicted molar refractivity (Wildman–Crippen MR) is 103 cm³/mol. The molecule has 148 valence electrons. The van der Waals surface area contributed by atoms with Gasteiger partial charge in [0.2, 0.25) is 5.91 Å². The topological polar surface area (TPSA) is 78.5 Å². The lowest BCUT2D eigenvalue weighted by molar-refractivity contribution is -0.134. The number of hydrogen-bond donors (Lipinski definition) is 2. The molecule has 4 amide bonds. The Hall–Kier alpha value is -2.37. The van der Waals surface area contributed by atoms with Crippen molar-refractivity contribution < 1.29 is 14.4 Å². The minimum absolute atomic E-state index is 0.103. The molecule has 5 aliphatic rings.